The molecule has 1 saturated carbocycles. The third-order valence-corrected chi connectivity index (χ3v) is 5.12. The number of anilines is 1. The van der Waals surface area contributed by atoms with Crippen LogP contribution in [0.2, 0.25) is 0 Å². The van der Waals surface area contributed by atoms with Crippen molar-refractivity contribution in [2.75, 3.05) is 12.3 Å². The maximum absolute atomic E-state index is 12.5. The van der Waals surface area contributed by atoms with Crippen molar-refractivity contribution in [2.24, 2.45) is 5.92 Å². The highest BCUT2D eigenvalue weighted by atomic mass is 19.4. The Kier molecular flexibility index (Phi) is 6.12. The molecule has 1 aliphatic rings. The number of hydrogen-bond acceptors (Lipinski definition) is 5. The summed E-state index contributed by atoms with van der Waals surface area (Å²) in [5.41, 5.74) is 7.40. The van der Waals surface area contributed by atoms with Crippen LogP contribution in [0.1, 0.15) is 51.1 Å². The summed E-state index contributed by atoms with van der Waals surface area (Å²) in [5.74, 6) is 0.0979. The molecule has 154 valence electrons. The van der Waals surface area contributed by atoms with E-state index in [0.29, 0.717) is 29.1 Å². The molecule has 2 aromatic rings. The van der Waals surface area contributed by atoms with Crippen molar-refractivity contribution in [1.29, 1.82) is 0 Å². The van der Waals surface area contributed by atoms with E-state index in [2.05, 4.69) is 39.1 Å². The minimum atomic E-state index is -4.83. The average molecular weight is 397 g/mol. The van der Waals surface area contributed by atoms with E-state index in [1.807, 2.05) is 6.07 Å². The Morgan fingerprint density at radius 2 is 2.14 bits per heavy atom. The summed E-state index contributed by atoms with van der Waals surface area (Å²) in [6.07, 6.45) is 1.09. The van der Waals surface area contributed by atoms with E-state index in [4.69, 9.17) is 5.73 Å². The Morgan fingerprint density at radius 3 is 2.82 bits per heavy atom. The van der Waals surface area contributed by atoms with E-state index in [0.717, 1.165) is 25.1 Å². The van der Waals surface area contributed by atoms with Gasteiger partial charge >= 0.3 is 6.36 Å². The second-order valence-corrected chi connectivity index (χ2v) is 7.27. The van der Waals surface area contributed by atoms with Crippen molar-refractivity contribution in [3.05, 3.63) is 24.0 Å². The summed E-state index contributed by atoms with van der Waals surface area (Å²) in [6, 6.07) is 3.62. The third-order valence-electron chi connectivity index (χ3n) is 5.12. The number of nitrogens with two attached hydrogens (primary N) is 1. The highest BCUT2D eigenvalue weighted by molar-refractivity contribution is 5.64. The summed E-state index contributed by atoms with van der Waals surface area (Å²) >= 11 is 0. The van der Waals surface area contributed by atoms with E-state index in [1.54, 1.807) is 0 Å². The molecule has 1 aliphatic carbocycles. The van der Waals surface area contributed by atoms with Gasteiger partial charge < -0.3 is 15.8 Å². The van der Waals surface area contributed by atoms with Crippen LogP contribution in [-0.4, -0.2) is 34.1 Å². The number of hydrogen-bond donors (Lipinski definition) is 3. The van der Waals surface area contributed by atoms with Gasteiger partial charge in [0, 0.05) is 29.4 Å². The van der Waals surface area contributed by atoms with E-state index in [-0.39, 0.29) is 5.82 Å². The molecular weight excluding hydrogens is 371 g/mol. The molecule has 9 heteroatoms. The van der Waals surface area contributed by atoms with Crippen molar-refractivity contribution in [3.8, 4) is 17.0 Å². The summed E-state index contributed by atoms with van der Waals surface area (Å²) in [4.78, 5) is 3.79. The monoisotopic (exact) mass is 397 g/mol. The SMILES string of the molecule is CCCC(CC)NCC1CC1c1cc(-c2cnc(N)c(OC(F)(F)F)c2)n[nH]1. The number of alkyl halides is 3. The third kappa shape index (κ3) is 5.15. The lowest BCUT2D eigenvalue weighted by Crippen LogP contribution is -2.30. The molecule has 0 bridgehead atoms. The number of aromatic nitrogens is 3. The first kappa shape index (κ1) is 20.4. The number of H-pyrrole nitrogens is 1. The van der Waals surface area contributed by atoms with E-state index >= 15 is 0 Å². The van der Waals surface area contributed by atoms with Crippen LogP contribution in [0.15, 0.2) is 18.3 Å². The smallest absolute Gasteiger partial charge is 0.402 e. The highest BCUT2D eigenvalue weighted by Crippen LogP contribution is 2.47. The highest BCUT2D eigenvalue weighted by Gasteiger charge is 2.39. The minimum Gasteiger partial charge on any atom is -0.402 e. The molecule has 0 amide bonds. The maximum Gasteiger partial charge on any atom is 0.573 e. The van der Waals surface area contributed by atoms with Crippen molar-refractivity contribution in [2.45, 2.75) is 57.9 Å². The molecule has 3 atom stereocenters. The van der Waals surface area contributed by atoms with Gasteiger partial charge in [0.25, 0.3) is 0 Å². The van der Waals surface area contributed by atoms with Gasteiger partial charge in [0.15, 0.2) is 11.6 Å². The molecule has 0 spiro atoms. The second-order valence-electron chi connectivity index (χ2n) is 7.27. The molecule has 3 rings (SSSR count). The van der Waals surface area contributed by atoms with Gasteiger partial charge in [-0.2, -0.15) is 5.10 Å². The van der Waals surface area contributed by atoms with Gasteiger partial charge in [-0.25, -0.2) is 4.98 Å². The van der Waals surface area contributed by atoms with Gasteiger partial charge in [-0.3, -0.25) is 5.10 Å². The normalized spacial score (nSPS) is 20.2. The molecule has 0 aliphatic heterocycles. The summed E-state index contributed by atoms with van der Waals surface area (Å²) in [6.45, 7) is 5.34. The largest absolute Gasteiger partial charge is 0.573 e. The van der Waals surface area contributed by atoms with Crippen LogP contribution in [0.3, 0.4) is 0 Å². The lowest BCUT2D eigenvalue weighted by molar-refractivity contribution is -0.274. The molecule has 3 unspecified atom stereocenters. The number of nitrogen functional groups attached to an aromatic ring is 1. The van der Waals surface area contributed by atoms with Crippen LogP contribution in [0, 0.1) is 5.92 Å². The molecule has 0 saturated heterocycles. The molecule has 4 N–H and O–H groups in total. The number of nitrogens with one attached hydrogen (secondary N) is 2. The topological polar surface area (TPSA) is 88.8 Å². The Labute approximate surface area is 162 Å². The van der Waals surface area contributed by atoms with Gasteiger partial charge in [0.2, 0.25) is 0 Å². The van der Waals surface area contributed by atoms with E-state index < -0.39 is 12.1 Å². The zero-order valence-corrected chi connectivity index (χ0v) is 16.0. The molecule has 0 radical (unpaired) electrons. The number of ether oxygens (including phenoxy) is 1. The quantitative estimate of drug-likeness (QED) is 0.589. The number of nitrogens with zero attached hydrogens (tertiary/aromatic N) is 2. The molecule has 2 heterocycles. The molecule has 6 nitrogen and oxygen atoms in total. The van der Waals surface area contributed by atoms with Gasteiger partial charge in [0.1, 0.15) is 0 Å². The number of rotatable bonds is 9. The van der Waals surface area contributed by atoms with E-state index in [1.165, 1.54) is 25.1 Å². The lowest BCUT2D eigenvalue weighted by atomic mass is 10.1. The van der Waals surface area contributed by atoms with Crippen molar-refractivity contribution in [3.63, 3.8) is 0 Å². The average Bonchev–Trinajstić information content (AvgIpc) is 3.24. The Morgan fingerprint density at radius 1 is 1.36 bits per heavy atom. The predicted octanol–water partition coefficient (Wildman–Crippen LogP) is 4.22. The van der Waals surface area contributed by atoms with Crippen LogP contribution >= 0.6 is 0 Å². The van der Waals surface area contributed by atoms with Gasteiger partial charge in [-0.15, -0.1) is 13.2 Å². The minimum absolute atomic E-state index is 0.317. The zero-order valence-electron chi connectivity index (χ0n) is 16.0. The van der Waals surface area contributed by atoms with Crippen LogP contribution in [0.25, 0.3) is 11.3 Å². The van der Waals surface area contributed by atoms with Gasteiger partial charge in [0.05, 0.1) is 5.69 Å². The molecule has 1 fully saturated rings. The number of halogens is 3. The van der Waals surface area contributed by atoms with Crippen molar-refractivity contribution in [1.82, 2.24) is 20.5 Å². The van der Waals surface area contributed by atoms with Crippen molar-refractivity contribution >= 4 is 5.82 Å². The number of aromatic amines is 1. The Hall–Kier alpha value is -2.29. The standard InChI is InChI=1S/C19H26F3N5O/c1-3-5-13(4-2)24-9-11-6-14(11)16-8-15(26-27-16)12-7-17(18(23)25-10-12)28-19(20,21)22/h7-8,10-11,13-14,24H,3-6,9H2,1-2H3,(H2,23,25)(H,26,27). The first-order chi connectivity index (χ1) is 13.3. The van der Waals surface area contributed by atoms with Crippen LogP contribution in [0.5, 0.6) is 5.75 Å². The first-order valence-corrected chi connectivity index (χ1v) is 9.61. The zero-order chi connectivity index (χ0) is 20.3. The van der Waals surface area contributed by atoms with Crippen LogP contribution < -0.4 is 15.8 Å². The lowest BCUT2D eigenvalue weighted by Gasteiger charge is -2.15. The molecule has 0 aromatic carbocycles. The Balaban J connectivity index is 1.63. The maximum atomic E-state index is 12.5. The molecule has 28 heavy (non-hydrogen) atoms. The molecule has 2 aromatic heterocycles. The second kappa shape index (κ2) is 8.38. The summed E-state index contributed by atoms with van der Waals surface area (Å²) in [7, 11) is 0. The van der Waals surface area contributed by atoms with Crippen LogP contribution in [0.4, 0.5) is 19.0 Å². The fourth-order valence-electron chi connectivity index (χ4n) is 3.45. The van der Waals surface area contributed by atoms with E-state index in [9.17, 15) is 13.2 Å². The van der Waals surface area contributed by atoms with Crippen LogP contribution in [-0.2, 0) is 0 Å². The molecular formula is C19H26F3N5O. The predicted molar refractivity (Wildman–Crippen MR) is 101 cm³/mol. The first-order valence-electron chi connectivity index (χ1n) is 9.61. The summed E-state index contributed by atoms with van der Waals surface area (Å²) < 4.78 is 41.4. The fourth-order valence-corrected chi connectivity index (χ4v) is 3.45. The van der Waals surface area contributed by atoms with Crippen molar-refractivity contribution < 1.29 is 17.9 Å². The number of pyridine rings is 1. The van der Waals surface area contributed by atoms with Gasteiger partial charge in [-0.05, 0) is 43.9 Å². The fraction of sp³-hybridized carbons (Fsp3) is 0.579. The summed E-state index contributed by atoms with van der Waals surface area (Å²) in [5, 5.41) is 10.9. The Bertz CT molecular complexity index is 792. The van der Waals surface area contributed by atoms with Gasteiger partial charge in [-0.1, -0.05) is 20.3 Å².